The van der Waals surface area contributed by atoms with E-state index < -0.39 is 0 Å². The molecule has 3 aromatic rings. The number of methoxy groups -OCH3 is 1. The molecule has 4 rings (SSSR count). The van der Waals surface area contributed by atoms with Gasteiger partial charge in [0.15, 0.2) is 11.5 Å². The number of aryl methyl sites for hydroxylation is 1. The number of hydrogen-bond acceptors (Lipinski definition) is 5. The zero-order chi connectivity index (χ0) is 22.5. The van der Waals surface area contributed by atoms with Crippen molar-refractivity contribution in [3.63, 3.8) is 0 Å². The number of amides is 1. The highest BCUT2D eigenvalue weighted by Crippen LogP contribution is 2.40. The number of thiophene rings is 1. The van der Waals surface area contributed by atoms with Gasteiger partial charge in [-0.05, 0) is 81.0 Å². The van der Waals surface area contributed by atoms with Gasteiger partial charge in [-0.2, -0.15) is 0 Å². The van der Waals surface area contributed by atoms with Crippen molar-refractivity contribution in [1.82, 2.24) is 0 Å². The van der Waals surface area contributed by atoms with Crippen LogP contribution in [0.25, 0.3) is 0 Å². The monoisotopic (exact) mass is 448 g/mol. The van der Waals surface area contributed by atoms with Crippen molar-refractivity contribution in [2.45, 2.75) is 45.6 Å². The third-order valence-electron chi connectivity index (χ3n) is 5.29. The first-order valence-corrected chi connectivity index (χ1v) is 11.8. The molecule has 2 aromatic carbocycles. The summed E-state index contributed by atoms with van der Waals surface area (Å²) in [5.41, 5.74) is 3.53. The Morgan fingerprint density at radius 3 is 2.62 bits per heavy atom. The first-order valence-electron chi connectivity index (χ1n) is 10.9. The normalized spacial score (nSPS) is 13.2. The summed E-state index contributed by atoms with van der Waals surface area (Å²) >= 11 is 1.63. The summed E-state index contributed by atoms with van der Waals surface area (Å²) < 4.78 is 11.3. The molecule has 1 aliphatic carbocycles. The van der Waals surface area contributed by atoms with Gasteiger partial charge in [-0.3, -0.25) is 4.79 Å². The fraction of sp³-hybridized carbons (Fsp3) is 0.308. The van der Waals surface area contributed by atoms with E-state index in [0.717, 1.165) is 47.5 Å². The Morgan fingerprint density at radius 2 is 1.88 bits per heavy atom. The number of hydrogen-bond donors (Lipinski definition) is 1. The van der Waals surface area contributed by atoms with Crippen molar-refractivity contribution in [2.75, 3.05) is 12.4 Å². The van der Waals surface area contributed by atoms with Gasteiger partial charge >= 0.3 is 0 Å². The van der Waals surface area contributed by atoms with Gasteiger partial charge in [0, 0.05) is 16.8 Å². The number of benzene rings is 2. The zero-order valence-electron chi connectivity index (χ0n) is 18.7. The van der Waals surface area contributed by atoms with E-state index in [0.29, 0.717) is 17.1 Å². The summed E-state index contributed by atoms with van der Waals surface area (Å²) in [7, 11) is 1.63. The summed E-state index contributed by atoms with van der Waals surface area (Å²) in [4.78, 5) is 19.2. The Bertz CT molecular complexity index is 1120. The van der Waals surface area contributed by atoms with E-state index in [4.69, 9.17) is 14.5 Å². The first-order chi connectivity index (χ1) is 15.5. The lowest BCUT2D eigenvalue weighted by atomic mass is 9.95. The van der Waals surface area contributed by atoms with E-state index >= 15 is 0 Å². The number of ether oxygens (including phenoxy) is 2. The van der Waals surface area contributed by atoms with E-state index in [2.05, 4.69) is 5.32 Å². The lowest BCUT2D eigenvalue weighted by Gasteiger charge is -2.13. The SMILES string of the molecule is COc1cc(C=Nc2sc3c(c2C(=O)Nc2ccccc2)CCCC3)ccc1OC(C)C. The molecule has 0 saturated carbocycles. The summed E-state index contributed by atoms with van der Waals surface area (Å²) in [6.07, 6.45) is 6.05. The molecule has 1 aromatic heterocycles. The molecule has 5 nitrogen and oxygen atoms in total. The highest BCUT2D eigenvalue weighted by atomic mass is 32.1. The second kappa shape index (κ2) is 10.0. The van der Waals surface area contributed by atoms with E-state index in [-0.39, 0.29) is 12.0 Å². The van der Waals surface area contributed by atoms with Gasteiger partial charge in [0.1, 0.15) is 5.00 Å². The number of para-hydroxylation sites is 1. The average molecular weight is 449 g/mol. The Morgan fingerprint density at radius 1 is 1.09 bits per heavy atom. The van der Waals surface area contributed by atoms with E-state index in [1.54, 1.807) is 24.7 Å². The number of nitrogens with one attached hydrogen (secondary N) is 1. The van der Waals surface area contributed by atoms with Crippen LogP contribution in [0.2, 0.25) is 0 Å². The van der Waals surface area contributed by atoms with Crippen LogP contribution in [0, 0.1) is 0 Å². The molecule has 166 valence electrons. The third kappa shape index (κ3) is 5.02. The lowest BCUT2D eigenvalue weighted by molar-refractivity contribution is 0.102. The summed E-state index contributed by atoms with van der Waals surface area (Å²) in [5, 5.41) is 3.79. The molecule has 0 saturated heterocycles. The highest BCUT2D eigenvalue weighted by Gasteiger charge is 2.25. The Balaban J connectivity index is 1.64. The molecular formula is C26H28N2O3S. The number of fused-ring (bicyclic) bond motifs is 1. The number of carbonyl (C=O) groups is 1. The van der Waals surface area contributed by atoms with Crippen LogP contribution in [-0.4, -0.2) is 25.3 Å². The predicted octanol–water partition coefficient (Wildman–Crippen LogP) is 6.43. The van der Waals surface area contributed by atoms with Gasteiger partial charge < -0.3 is 14.8 Å². The number of carbonyl (C=O) groups excluding carboxylic acids is 1. The van der Waals surface area contributed by atoms with Crippen LogP contribution in [-0.2, 0) is 12.8 Å². The molecule has 1 aliphatic rings. The van der Waals surface area contributed by atoms with E-state index in [9.17, 15) is 4.79 Å². The van der Waals surface area contributed by atoms with Crippen LogP contribution in [0.5, 0.6) is 11.5 Å². The smallest absolute Gasteiger partial charge is 0.259 e. The standard InChI is InChI=1S/C26H28N2O3S/c1-17(2)31-21-14-13-18(15-22(21)30-3)16-27-26-24(20-11-7-8-12-23(20)32-26)25(29)28-19-9-5-4-6-10-19/h4-6,9-10,13-17H,7-8,11-12H2,1-3H3,(H,28,29). The maximum Gasteiger partial charge on any atom is 0.259 e. The Labute approximate surface area is 193 Å². The summed E-state index contributed by atoms with van der Waals surface area (Å²) in [6, 6.07) is 15.3. The van der Waals surface area contributed by atoms with Crippen LogP contribution in [0.4, 0.5) is 10.7 Å². The van der Waals surface area contributed by atoms with Crippen molar-refractivity contribution in [3.05, 3.63) is 70.1 Å². The van der Waals surface area contributed by atoms with Crippen LogP contribution < -0.4 is 14.8 Å². The van der Waals surface area contributed by atoms with Crippen molar-refractivity contribution in [2.24, 2.45) is 4.99 Å². The van der Waals surface area contributed by atoms with Crippen molar-refractivity contribution < 1.29 is 14.3 Å². The highest BCUT2D eigenvalue weighted by molar-refractivity contribution is 7.16. The minimum absolute atomic E-state index is 0.0616. The molecular weight excluding hydrogens is 420 g/mol. The fourth-order valence-electron chi connectivity index (χ4n) is 3.84. The topological polar surface area (TPSA) is 59.9 Å². The lowest BCUT2D eigenvalue weighted by Crippen LogP contribution is -2.14. The van der Waals surface area contributed by atoms with Crippen LogP contribution in [0.1, 0.15) is 53.1 Å². The minimum atomic E-state index is -0.0963. The van der Waals surface area contributed by atoms with Crippen molar-refractivity contribution in [3.8, 4) is 11.5 Å². The van der Waals surface area contributed by atoms with Crippen LogP contribution in [0.3, 0.4) is 0 Å². The van der Waals surface area contributed by atoms with Gasteiger partial charge in [0.25, 0.3) is 5.91 Å². The quantitative estimate of drug-likeness (QED) is 0.424. The van der Waals surface area contributed by atoms with Gasteiger partial charge in [0.05, 0.1) is 18.8 Å². The van der Waals surface area contributed by atoms with Gasteiger partial charge in [-0.15, -0.1) is 11.3 Å². The van der Waals surface area contributed by atoms with Crippen molar-refractivity contribution in [1.29, 1.82) is 0 Å². The Hall–Kier alpha value is -3.12. The molecule has 0 atom stereocenters. The number of nitrogens with zero attached hydrogens (tertiary/aromatic N) is 1. The maximum absolute atomic E-state index is 13.2. The van der Waals surface area contributed by atoms with Gasteiger partial charge in [0.2, 0.25) is 0 Å². The third-order valence-corrected chi connectivity index (χ3v) is 6.49. The second-order valence-electron chi connectivity index (χ2n) is 8.05. The largest absolute Gasteiger partial charge is 0.493 e. The minimum Gasteiger partial charge on any atom is -0.493 e. The molecule has 0 fully saturated rings. The number of rotatable bonds is 7. The van der Waals surface area contributed by atoms with Gasteiger partial charge in [-0.1, -0.05) is 18.2 Å². The Kier molecular flexibility index (Phi) is 6.90. The fourth-order valence-corrected chi connectivity index (χ4v) is 5.07. The molecule has 0 aliphatic heterocycles. The molecule has 6 heteroatoms. The first kappa shape index (κ1) is 22.1. The molecule has 0 radical (unpaired) electrons. The maximum atomic E-state index is 13.2. The van der Waals surface area contributed by atoms with Crippen LogP contribution >= 0.6 is 11.3 Å². The zero-order valence-corrected chi connectivity index (χ0v) is 19.5. The molecule has 32 heavy (non-hydrogen) atoms. The van der Waals surface area contributed by atoms with Crippen molar-refractivity contribution >= 4 is 34.1 Å². The van der Waals surface area contributed by atoms with E-state index in [1.165, 1.54) is 4.88 Å². The van der Waals surface area contributed by atoms with E-state index in [1.807, 2.05) is 62.4 Å². The summed E-state index contributed by atoms with van der Waals surface area (Å²) in [5.74, 6) is 1.27. The predicted molar refractivity (Wildman–Crippen MR) is 131 cm³/mol. The second-order valence-corrected chi connectivity index (χ2v) is 9.13. The molecule has 1 heterocycles. The summed E-state index contributed by atoms with van der Waals surface area (Å²) in [6.45, 7) is 3.96. The molecule has 1 amide bonds. The van der Waals surface area contributed by atoms with Gasteiger partial charge in [-0.25, -0.2) is 4.99 Å². The molecule has 0 bridgehead atoms. The number of anilines is 1. The average Bonchev–Trinajstić information content (AvgIpc) is 3.17. The number of aliphatic imine (C=N–C) groups is 1. The molecule has 1 N–H and O–H groups in total. The molecule has 0 unspecified atom stereocenters. The molecule has 0 spiro atoms. The van der Waals surface area contributed by atoms with Crippen LogP contribution in [0.15, 0.2) is 53.5 Å².